The molecule has 0 bridgehead atoms. The van der Waals surface area contributed by atoms with Gasteiger partial charge in [-0.2, -0.15) is 0 Å². The molecular formula is C19H18ClNO3. The minimum Gasteiger partial charge on any atom is -0.486 e. The SMILES string of the molecule is O=C(NCc1ccc(Cl)cc1)C1(c2ccc3c(c2)OCCO3)CC1. The van der Waals surface area contributed by atoms with Gasteiger partial charge >= 0.3 is 0 Å². The Morgan fingerprint density at radius 2 is 1.75 bits per heavy atom. The number of carbonyl (C=O) groups is 1. The highest BCUT2D eigenvalue weighted by molar-refractivity contribution is 6.30. The first-order valence-corrected chi connectivity index (χ1v) is 8.48. The number of carbonyl (C=O) groups excluding carboxylic acids is 1. The molecule has 0 atom stereocenters. The van der Waals surface area contributed by atoms with Crippen LogP contribution in [0.2, 0.25) is 5.02 Å². The van der Waals surface area contributed by atoms with Gasteiger partial charge in [-0.05, 0) is 48.2 Å². The molecule has 1 amide bonds. The van der Waals surface area contributed by atoms with Crippen LogP contribution in [0.25, 0.3) is 0 Å². The van der Waals surface area contributed by atoms with Crippen LogP contribution in [-0.4, -0.2) is 19.1 Å². The molecule has 2 aliphatic rings. The lowest BCUT2D eigenvalue weighted by atomic mass is 9.94. The second-order valence-corrected chi connectivity index (χ2v) is 6.69. The van der Waals surface area contributed by atoms with E-state index in [0.717, 1.165) is 35.5 Å². The van der Waals surface area contributed by atoms with E-state index in [0.29, 0.717) is 24.8 Å². The van der Waals surface area contributed by atoms with Gasteiger partial charge in [-0.25, -0.2) is 0 Å². The quantitative estimate of drug-likeness (QED) is 0.924. The first-order chi connectivity index (χ1) is 11.7. The van der Waals surface area contributed by atoms with Crippen molar-refractivity contribution in [1.82, 2.24) is 5.32 Å². The maximum absolute atomic E-state index is 12.7. The van der Waals surface area contributed by atoms with Crippen LogP contribution >= 0.6 is 11.6 Å². The van der Waals surface area contributed by atoms with Gasteiger partial charge in [0.1, 0.15) is 13.2 Å². The summed E-state index contributed by atoms with van der Waals surface area (Å²) in [7, 11) is 0. The lowest BCUT2D eigenvalue weighted by Crippen LogP contribution is -2.34. The Balaban J connectivity index is 1.48. The average Bonchev–Trinajstić information content (AvgIpc) is 3.42. The monoisotopic (exact) mass is 343 g/mol. The predicted molar refractivity (Wildman–Crippen MR) is 91.6 cm³/mol. The zero-order valence-electron chi connectivity index (χ0n) is 13.2. The standard InChI is InChI=1S/C19H18ClNO3/c20-15-4-1-13(2-5-15)12-21-18(22)19(7-8-19)14-3-6-16-17(11-14)24-10-9-23-16/h1-6,11H,7-10,12H2,(H,21,22). The third-order valence-electron chi connectivity index (χ3n) is 4.65. The maximum Gasteiger partial charge on any atom is 0.230 e. The minimum absolute atomic E-state index is 0.0640. The zero-order valence-corrected chi connectivity index (χ0v) is 13.9. The molecule has 1 aliphatic carbocycles. The number of hydrogen-bond acceptors (Lipinski definition) is 3. The molecule has 4 nitrogen and oxygen atoms in total. The summed E-state index contributed by atoms with van der Waals surface area (Å²) in [6.07, 6.45) is 1.72. The van der Waals surface area contributed by atoms with E-state index in [9.17, 15) is 4.79 Å². The van der Waals surface area contributed by atoms with E-state index in [2.05, 4.69) is 5.32 Å². The highest BCUT2D eigenvalue weighted by atomic mass is 35.5. The predicted octanol–water partition coefficient (Wildman–Crippen LogP) is 3.46. The molecule has 4 rings (SSSR count). The summed E-state index contributed by atoms with van der Waals surface area (Å²) in [5.74, 6) is 1.55. The van der Waals surface area contributed by atoms with Crippen LogP contribution in [0.5, 0.6) is 11.5 Å². The number of fused-ring (bicyclic) bond motifs is 1. The first-order valence-electron chi connectivity index (χ1n) is 8.10. The topological polar surface area (TPSA) is 47.6 Å². The van der Waals surface area contributed by atoms with Crippen molar-refractivity contribution in [3.63, 3.8) is 0 Å². The van der Waals surface area contributed by atoms with Gasteiger partial charge in [-0.3, -0.25) is 4.79 Å². The Hall–Kier alpha value is -2.20. The van der Waals surface area contributed by atoms with Crippen LogP contribution in [0.3, 0.4) is 0 Å². The average molecular weight is 344 g/mol. The van der Waals surface area contributed by atoms with Gasteiger partial charge in [0.15, 0.2) is 11.5 Å². The van der Waals surface area contributed by atoms with Gasteiger partial charge < -0.3 is 14.8 Å². The highest BCUT2D eigenvalue weighted by Crippen LogP contribution is 2.50. The maximum atomic E-state index is 12.7. The van der Waals surface area contributed by atoms with Crippen molar-refractivity contribution in [2.45, 2.75) is 24.8 Å². The molecule has 1 heterocycles. The van der Waals surface area contributed by atoms with Crippen molar-refractivity contribution >= 4 is 17.5 Å². The van der Waals surface area contributed by atoms with Gasteiger partial charge in [-0.15, -0.1) is 0 Å². The third-order valence-corrected chi connectivity index (χ3v) is 4.90. The second kappa shape index (κ2) is 6.02. The molecule has 2 aromatic carbocycles. The molecule has 0 aromatic heterocycles. The molecule has 1 aliphatic heterocycles. The van der Waals surface area contributed by atoms with Gasteiger partial charge in [0.2, 0.25) is 5.91 Å². The number of nitrogens with one attached hydrogen (secondary N) is 1. The Bertz CT molecular complexity index is 769. The number of rotatable bonds is 4. The van der Waals surface area contributed by atoms with Crippen LogP contribution in [-0.2, 0) is 16.8 Å². The molecule has 5 heteroatoms. The summed E-state index contributed by atoms with van der Waals surface area (Å²) >= 11 is 5.89. The van der Waals surface area contributed by atoms with E-state index in [1.165, 1.54) is 0 Å². The molecule has 1 N–H and O–H groups in total. The summed E-state index contributed by atoms with van der Waals surface area (Å²) in [5.41, 5.74) is 1.61. The Morgan fingerprint density at radius 3 is 2.46 bits per heavy atom. The van der Waals surface area contributed by atoms with E-state index in [1.807, 2.05) is 42.5 Å². The second-order valence-electron chi connectivity index (χ2n) is 6.25. The lowest BCUT2D eigenvalue weighted by molar-refractivity contribution is -0.123. The Morgan fingerprint density at radius 1 is 1.04 bits per heavy atom. The van der Waals surface area contributed by atoms with Crippen molar-refractivity contribution in [3.05, 3.63) is 58.6 Å². The van der Waals surface area contributed by atoms with Crippen molar-refractivity contribution in [3.8, 4) is 11.5 Å². The normalized spacial score (nSPS) is 17.2. The van der Waals surface area contributed by atoms with Crippen molar-refractivity contribution < 1.29 is 14.3 Å². The van der Waals surface area contributed by atoms with Crippen molar-refractivity contribution in [2.75, 3.05) is 13.2 Å². The fraction of sp³-hybridized carbons (Fsp3) is 0.316. The number of halogens is 1. The summed E-state index contributed by atoms with van der Waals surface area (Å²) in [5, 5.41) is 3.74. The fourth-order valence-electron chi connectivity index (χ4n) is 3.07. The summed E-state index contributed by atoms with van der Waals surface area (Å²) < 4.78 is 11.2. The number of hydrogen-bond donors (Lipinski definition) is 1. The van der Waals surface area contributed by atoms with E-state index < -0.39 is 5.41 Å². The third kappa shape index (κ3) is 2.82. The number of benzene rings is 2. The van der Waals surface area contributed by atoms with Crippen molar-refractivity contribution in [1.29, 1.82) is 0 Å². The van der Waals surface area contributed by atoms with Gasteiger partial charge in [-0.1, -0.05) is 29.8 Å². The first kappa shape index (κ1) is 15.3. The number of ether oxygens (including phenoxy) is 2. The Kier molecular flexibility index (Phi) is 3.85. The van der Waals surface area contributed by atoms with Gasteiger partial charge in [0.05, 0.1) is 5.41 Å². The van der Waals surface area contributed by atoms with Gasteiger partial charge in [0.25, 0.3) is 0 Å². The van der Waals surface area contributed by atoms with Crippen molar-refractivity contribution in [2.24, 2.45) is 0 Å². The lowest BCUT2D eigenvalue weighted by Gasteiger charge is -2.21. The molecule has 1 fully saturated rings. The zero-order chi connectivity index (χ0) is 16.6. The minimum atomic E-state index is -0.428. The van der Waals surface area contributed by atoms with Crippen LogP contribution in [0, 0.1) is 0 Å². The summed E-state index contributed by atoms with van der Waals surface area (Å²) in [6.45, 7) is 1.62. The van der Waals surface area contributed by atoms with Gasteiger partial charge in [0, 0.05) is 11.6 Å². The highest BCUT2D eigenvalue weighted by Gasteiger charge is 2.51. The summed E-state index contributed by atoms with van der Waals surface area (Å²) in [4.78, 5) is 12.7. The van der Waals surface area contributed by atoms with E-state index in [1.54, 1.807) is 0 Å². The van der Waals surface area contributed by atoms with Crippen LogP contribution in [0.4, 0.5) is 0 Å². The molecule has 2 aromatic rings. The number of amides is 1. The molecule has 24 heavy (non-hydrogen) atoms. The molecule has 0 unspecified atom stereocenters. The van der Waals surface area contributed by atoms with Crippen LogP contribution in [0.15, 0.2) is 42.5 Å². The molecule has 1 saturated carbocycles. The van der Waals surface area contributed by atoms with Crippen LogP contribution in [0.1, 0.15) is 24.0 Å². The summed E-state index contributed by atoms with van der Waals surface area (Å²) in [6, 6.07) is 13.3. The molecule has 0 saturated heterocycles. The van der Waals surface area contributed by atoms with E-state index in [4.69, 9.17) is 21.1 Å². The largest absolute Gasteiger partial charge is 0.486 e. The Labute approximate surface area is 145 Å². The van der Waals surface area contributed by atoms with Crippen LogP contribution < -0.4 is 14.8 Å². The molecule has 0 radical (unpaired) electrons. The smallest absolute Gasteiger partial charge is 0.230 e. The fourth-order valence-corrected chi connectivity index (χ4v) is 3.19. The van der Waals surface area contributed by atoms with E-state index >= 15 is 0 Å². The molecule has 0 spiro atoms. The molecule has 124 valence electrons. The van der Waals surface area contributed by atoms with E-state index in [-0.39, 0.29) is 5.91 Å². The molecular weight excluding hydrogens is 326 g/mol.